The highest BCUT2D eigenvalue weighted by Crippen LogP contribution is 2.50. The van der Waals surface area contributed by atoms with Crippen molar-refractivity contribution in [2.45, 2.75) is 43.5 Å². The van der Waals surface area contributed by atoms with Crippen LogP contribution < -0.4 is 10.6 Å². The van der Waals surface area contributed by atoms with Gasteiger partial charge in [-0.1, -0.05) is 51.4 Å². The average molecular weight is 684 g/mol. The molecule has 16 heteroatoms. The number of fused-ring (bicyclic) bond motifs is 1. The van der Waals surface area contributed by atoms with Crippen molar-refractivity contribution in [3.05, 3.63) is 81.3 Å². The molecule has 0 saturated heterocycles. The largest absolute Gasteiger partial charge is 0.435 e. The predicted molar refractivity (Wildman–Crippen MR) is 139 cm³/mol. The molecule has 0 radical (unpaired) electrons. The molecule has 43 heavy (non-hydrogen) atoms. The first kappa shape index (κ1) is 32.1. The van der Waals surface area contributed by atoms with Gasteiger partial charge in [0.15, 0.2) is 0 Å². The lowest BCUT2D eigenvalue weighted by atomic mass is 9.84. The van der Waals surface area contributed by atoms with Crippen LogP contribution in [0.25, 0.3) is 10.8 Å². The van der Waals surface area contributed by atoms with Crippen LogP contribution in [0.2, 0.25) is 0 Å². The van der Waals surface area contributed by atoms with Crippen molar-refractivity contribution in [2.24, 2.45) is 5.16 Å². The quantitative estimate of drug-likeness (QED) is 0.275. The third-order valence-corrected chi connectivity index (χ3v) is 7.02. The third-order valence-electron chi connectivity index (χ3n) is 6.56. The molecule has 0 spiro atoms. The number of carbonyl (C=O) groups excluding carboxylic acids is 2. The van der Waals surface area contributed by atoms with Gasteiger partial charge < -0.3 is 15.5 Å². The van der Waals surface area contributed by atoms with Gasteiger partial charge in [0.2, 0.25) is 5.91 Å². The molecule has 230 valence electrons. The molecule has 2 N–H and O–H groups in total. The van der Waals surface area contributed by atoms with Crippen molar-refractivity contribution in [3.63, 3.8) is 0 Å². The first-order valence-corrected chi connectivity index (χ1v) is 13.0. The molecule has 1 heterocycles. The number of carbonyl (C=O) groups is 2. The normalized spacial score (nSPS) is 18.2. The fourth-order valence-corrected chi connectivity index (χ4v) is 4.96. The van der Waals surface area contributed by atoms with Crippen molar-refractivity contribution in [2.75, 3.05) is 6.54 Å². The number of oxime groups is 1. The van der Waals surface area contributed by atoms with E-state index >= 15 is 0 Å². The summed E-state index contributed by atoms with van der Waals surface area (Å²) in [5, 5.41) is 7.94. The van der Waals surface area contributed by atoms with E-state index in [-0.39, 0.29) is 32.1 Å². The predicted octanol–water partition coefficient (Wildman–Crippen LogP) is 7.00. The summed E-state index contributed by atoms with van der Waals surface area (Å²) in [6, 6.07) is 8.84. The second-order valence-electron chi connectivity index (χ2n) is 9.59. The van der Waals surface area contributed by atoms with Crippen LogP contribution in [-0.2, 0) is 21.4 Å². The Kier molecular flexibility index (Phi) is 8.48. The summed E-state index contributed by atoms with van der Waals surface area (Å²) in [7, 11) is 0. The number of amides is 2. The summed E-state index contributed by atoms with van der Waals surface area (Å²) >= 11 is 2.83. The Hall–Kier alpha value is -3.82. The summed E-state index contributed by atoms with van der Waals surface area (Å²) in [5.41, 5.74) is -5.67. The van der Waals surface area contributed by atoms with E-state index in [1.54, 1.807) is 5.32 Å². The lowest BCUT2D eigenvalue weighted by Crippen LogP contribution is -2.47. The van der Waals surface area contributed by atoms with E-state index in [1.165, 1.54) is 36.4 Å². The van der Waals surface area contributed by atoms with Gasteiger partial charge in [0.25, 0.3) is 11.5 Å². The van der Waals surface area contributed by atoms with Crippen molar-refractivity contribution in [1.29, 1.82) is 0 Å². The molecule has 0 bridgehead atoms. The number of rotatable bonds is 6. The molecule has 3 aromatic rings. The van der Waals surface area contributed by atoms with Crippen molar-refractivity contribution in [3.8, 4) is 0 Å². The van der Waals surface area contributed by atoms with Gasteiger partial charge in [0.1, 0.15) is 12.6 Å². The number of hydrogen-bond acceptors (Lipinski definition) is 4. The molecular formula is C27H19BrF9N3O3. The van der Waals surface area contributed by atoms with Crippen LogP contribution in [0.3, 0.4) is 0 Å². The van der Waals surface area contributed by atoms with Crippen LogP contribution in [-0.4, -0.2) is 42.5 Å². The molecule has 0 saturated carbocycles. The number of hydrogen-bond donors (Lipinski definition) is 2. The summed E-state index contributed by atoms with van der Waals surface area (Å²) < 4.78 is 121. The zero-order chi connectivity index (χ0) is 32.0. The summed E-state index contributed by atoms with van der Waals surface area (Å²) in [6.07, 6.45) is -15.8. The molecule has 0 aromatic heterocycles. The lowest BCUT2D eigenvalue weighted by Gasteiger charge is -2.30. The molecule has 3 aromatic carbocycles. The van der Waals surface area contributed by atoms with Crippen molar-refractivity contribution in [1.82, 2.24) is 10.6 Å². The maximum absolute atomic E-state index is 14.5. The van der Waals surface area contributed by atoms with Gasteiger partial charge in [-0.25, -0.2) is 0 Å². The van der Waals surface area contributed by atoms with Gasteiger partial charge in [-0.15, -0.1) is 0 Å². The van der Waals surface area contributed by atoms with Gasteiger partial charge in [0, 0.05) is 27.6 Å². The van der Waals surface area contributed by atoms with Crippen LogP contribution in [0.15, 0.2) is 64.2 Å². The Morgan fingerprint density at radius 2 is 1.63 bits per heavy atom. The Bertz CT molecular complexity index is 1600. The Balaban J connectivity index is 1.67. The van der Waals surface area contributed by atoms with Gasteiger partial charge in [-0.05, 0) is 42.0 Å². The highest BCUT2D eigenvalue weighted by Gasteiger charge is 2.62. The summed E-state index contributed by atoms with van der Waals surface area (Å²) in [6.45, 7) is -0.446. The second kappa shape index (κ2) is 11.4. The SMILES string of the molecule is CC(NC(=O)c1ccc(C2=NOC(c3cc(Br)cc(C(F)(F)F)c3)(C(F)(F)F)C2)c2ccccc12)C(=O)NCC(F)(F)F. The van der Waals surface area contributed by atoms with Gasteiger partial charge >= 0.3 is 18.5 Å². The van der Waals surface area contributed by atoms with Gasteiger partial charge in [-0.3, -0.25) is 9.59 Å². The molecule has 0 aliphatic carbocycles. The molecule has 1 aliphatic rings. The molecule has 2 atom stereocenters. The molecule has 6 nitrogen and oxygen atoms in total. The minimum Gasteiger partial charge on any atom is -0.374 e. The molecule has 2 amide bonds. The molecule has 0 fully saturated rings. The maximum atomic E-state index is 14.5. The lowest BCUT2D eigenvalue weighted by molar-refractivity contribution is -0.276. The van der Waals surface area contributed by atoms with E-state index in [9.17, 15) is 49.1 Å². The van der Waals surface area contributed by atoms with E-state index in [4.69, 9.17) is 4.84 Å². The molecular weight excluding hydrogens is 665 g/mol. The number of benzene rings is 3. The summed E-state index contributed by atoms with van der Waals surface area (Å²) in [4.78, 5) is 29.9. The first-order chi connectivity index (χ1) is 19.8. The third kappa shape index (κ3) is 6.73. The fourth-order valence-electron chi connectivity index (χ4n) is 4.46. The van der Waals surface area contributed by atoms with E-state index in [0.29, 0.717) is 12.1 Å². The Morgan fingerprint density at radius 1 is 0.977 bits per heavy atom. The minimum atomic E-state index is -5.21. The Labute approximate surface area is 245 Å². The van der Waals surface area contributed by atoms with Crippen LogP contribution in [0.4, 0.5) is 39.5 Å². The molecule has 2 unspecified atom stereocenters. The van der Waals surface area contributed by atoms with Gasteiger partial charge in [0.05, 0.1) is 11.3 Å². The van der Waals surface area contributed by atoms with Crippen molar-refractivity contribution >= 4 is 44.2 Å². The van der Waals surface area contributed by atoms with E-state index in [1.807, 2.05) is 0 Å². The van der Waals surface area contributed by atoms with Crippen LogP contribution in [0, 0.1) is 0 Å². The number of nitrogens with zero attached hydrogens (tertiary/aromatic N) is 1. The van der Waals surface area contributed by atoms with Gasteiger partial charge in [-0.2, -0.15) is 39.5 Å². The Morgan fingerprint density at radius 3 is 2.23 bits per heavy atom. The van der Waals surface area contributed by atoms with E-state index in [2.05, 4.69) is 26.4 Å². The fraction of sp³-hybridized carbons (Fsp3) is 0.296. The number of alkyl halides is 9. The highest BCUT2D eigenvalue weighted by molar-refractivity contribution is 9.10. The van der Waals surface area contributed by atoms with Crippen molar-refractivity contribution < 1.29 is 53.9 Å². The van der Waals surface area contributed by atoms with E-state index in [0.717, 1.165) is 13.0 Å². The average Bonchev–Trinajstić information content (AvgIpc) is 3.37. The summed E-state index contributed by atoms with van der Waals surface area (Å²) in [5.74, 6) is -1.96. The maximum Gasteiger partial charge on any atom is 0.435 e. The number of nitrogens with one attached hydrogen (secondary N) is 2. The molecule has 1 aliphatic heterocycles. The van der Waals surface area contributed by atoms with E-state index < -0.39 is 66.1 Å². The topological polar surface area (TPSA) is 79.8 Å². The van der Waals surface area contributed by atoms with Crippen LogP contribution in [0.1, 0.15) is 40.4 Å². The molecule has 4 rings (SSSR count). The second-order valence-corrected chi connectivity index (χ2v) is 10.5. The van der Waals surface area contributed by atoms with Crippen LogP contribution >= 0.6 is 15.9 Å². The number of halogens is 10. The standard InChI is InChI=1S/C27H19BrF9N3O3/c1-13(22(41)38-12-25(29,30)31)39-23(42)20-7-6-19(17-4-2-3-5-18(17)20)21-11-24(43-40-21,27(35,36)37)14-8-15(26(32,33)34)10-16(28)9-14/h2-10,13H,11-12H2,1H3,(H,38,41)(H,39,42). The highest BCUT2D eigenvalue weighted by atomic mass is 79.9. The first-order valence-electron chi connectivity index (χ1n) is 12.2. The minimum absolute atomic E-state index is 0.0572. The zero-order valence-corrected chi connectivity index (χ0v) is 23.2. The smallest absolute Gasteiger partial charge is 0.374 e. The monoisotopic (exact) mass is 683 g/mol. The zero-order valence-electron chi connectivity index (χ0n) is 21.6. The van der Waals surface area contributed by atoms with Crippen LogP contribution in [0.5, 0.6) is 0 Å².